The molecule has 2 N–H and O–H groups in total. The number of aromatic nitrogens is 2. The van der Waals surface area contributed by atoms with Crippen molar-refractivity contribution in [2.45, 2.75) is 63.8 Å². The number of carbonyl (C=O) groups excluding carboxylic acids is 1. The molecule has 128 valence electrons. The molecule has 1 fully saturated rings. The molecule has 1 aliphatic rings. The second kappa shape index (κ2) is 7.26. The lowest BCUT2D eigenvalue weighted by Gasteiger charge is -2.17. The summed E-state index contributed by atoms with van der Waals surface area (Å²) in [6.45, 7) is 2.15. The Morgan fingerprint density at radius 3 is 2.58 bits per heavy atom. The Morgan fingerprint density at radius 1 is 1.21 bits per heavy atom. The molecular weight excluding hydrogens is 302 g/mol. The highest BCUT2D eigenvalue weighted by atomic mass is 16.5. The number of aryl methyl sites for hydroxylation is 2. The van der Waals surface area contributed by atoms with Crippen LogP contribution in [-0.2, 0) is 18.4 Å². The smallest absolute Gasteiger partial charge is 0.227 e. The molecule has 0 spiro atoms. The van der Waals surface area contributed by atoms with Crippen LogP contribution in [0.25, 0.3) is 0 Å². The average Bonchev–Trinajstić information content (AvgIpc) is 3.24. The normalized spacial score (nSPS) is 16.4. The summed E-state index contributed by atoms with van der Waals surface area (Å²) >= 11 is 0. The molecule has 5 heteroatoms. The van der Waals surface area contributed by atoms with Crippen LogP contribution in [0.1, 0.15) is 73.1 Å². The molecule has 1 heterocycles. The molecule has 1 saturated carbocycles. The third-order valence-corrected chi connectivity index (χ3v) is 4.79. The molecule has 0 unspecified atom stereocenters. The first-order valence-electron chi connectivity index (χ1n) is 8.85. The van der Waals surface area contributed by atoms with Crippen molar-refractivity contribution in [1.29, 1.82) is 0 Å². The van der Waals surface area contributed by atoms with Crippen LogP contribution in [0.15, 0.2) is 28.8 Å². The van der Waals surface area contributed by atoms with E-state index in [9.17, 15) is 4.79 Å². The van der Waals surface area contributed by atoms with E-state index in [4.69, 9.17) is 10.3 Å². The number of Topliss-reactive ketones (excluding diaryl/α,β-unsaturated/α-hetero) is 1. The minimum absolute atomic E-state index is 0.0983. The third kappa shape index (κ3) is 3.73. The van der Waals surface area contributed by atoms with Crippen molar-refractivity contribution in [3.05, 3.63) is 47.1 Å². The van der Waals surface area contributed by atoms with Gasteiger partial charge in [0.2, 0.25) is 5.89 Å². The average molecular weight is 327 g/mol. The summed E-state index contributed by atoms with van der Waals surface area (Å²) in [6.07, 6.45) is 6.98. The van der Waals surface area contributed by atoms with Crippen LogP contribution in [0.5, 0.6) is 0 Å². The van der Waals surface area contributed by atoms with Crippen LogP contribution in [-0.4, -0.2) is 15.9 Å². The Morgan fingerprint density at radius 2 is 1.92 bits per heavy atom. The minimum Gasteiger partial charge on any atom is -0.339 e. The van der Waals surface area contributed by atoms with Crippen LogP contribution in [0.4, 0.5) is 0 Å². The van der Waals surface area contributed by atoms with Crippen molar-refractivity contribution in [3.63, 3.8) is 0 Å². The number of rotatable bonds is 7. The van der Waals surface area contributed by atoms with Crippen molar-refractivity contribution in [1.82, 2.24) is 10.1 Å². The van der Waals surface area contributed by atoms with Gasteiger partial charge in [0.1, 0.15) is 0 Å². The van der Waals surface area contributed by atoms with E-state index in [1.165, 1.54) is 5.56 Å². The van der Waals surface area contributed by atoms with Gasteiger partial charge in [-0.05, 0) is 24.8 Å². The van der Waals surface area contributed by atoms with Crippen molar-refractivity contribution < 1.29 is 9.32 Å². The number of carbonyl (C=O) groups is 1. The molecule has 2 aromatic rings. The van der Waals surface area contributed by atoms with Crippen molar-refractivity contribution in [3.8, 4) is 0 Å². The number of hydrogen-bond donors (Lipinski definition) is 1. The van der Waals surface area contributed by atoms with Crippen molar-refractivity contribution in [2.24, 2.45) is 5.73 Å². The first-order chi connectivity index (χ1) is 11.6. The molecule has 5 nitrogen and oxygen atoms in total. The van der Waals surface area contributed by atoms with E-state index in [-0.39, 0.29) is 5.78 Å². The topological polar surface area (TPSA) is 82.0 Å². The second-order valence-electron chi connectivity index (χ2n) is 6.75. The van der Waals surface area contributed by atoms with Gasteiger partial charge in [-0.2, -0.15) is 4.98 Å². The van der Waals surface area contributed by atoms with E-state index < -0.39 is 5.54 Å². The van der Waals surface area contributed by atoms with Crippen LogP contribution in [0.2, 0.25) is 0 Å². The molecule has 0 bridgehead atoms. The Balaban J connectivity index is 1.57. The van der Waals surface area contributed by atoms with Gasteiger partial charge in [-0.3, -0.25) is 4.79 Å². The maximum atomic E-state index is 12.3. The van der Waals surface area contributed by atoms with Gasteiger partial charge in [0.15, 0.2) is 11.6 Å². The van der Waals surface area contributed by atoms with E-state index in [1.807, 2.05) is 24.3 Å². The summed E-state index contributed by atoms with van der Waals surface area (Å²) in [5.74, 6) is 1.19. The number of hydrogen-bond acceptors (Lipinski definition) is 5. The first kappa shape index (κ1) is 16.8. The predicted octanol–water partition coefficient (Wildman–Crippen LogP) is 3.57. The van der Waals surface area contributed by atoms with Gasteiger partial charge >= 0.3 is 0 Å². The zero-order valence-corrected chi connectivity index (χ0v) is 14.3. The molecule has 0 radical (unpaired) electrons. The minimum atomic E-state index is -0.444. The lowest BCUT2D eigenvalue weighted by atomic mass is 9.98. The summed E-state index contributed by atoms with van der Waals surface area (Å²) in [6, 6.07) is 7.86. The fourth-order valence-electron chi connectivity index (χ4n) is 3.30. The highest BCUT2D eigenvalue weighted by Gasteiger charge is 2.35. The Hall–Kier alpha value is -2.01. The van der Waals surface area contributed by atoms with E-state index >= 15 is 0 Å². The van der Waals surface area contributed by atoms with Gasteiger partial charge in [0, 0.05) is 18.4 Å². The van der Waals surface area contributed by atoms with Gasteiger partial charge < -0.3 is 10.3 Å². The Bertz CT molecular complexity index is 685. The summed E-state index contributed by atoms with van der Waals surface area (Å²) in [7, 11) is 0. The van der Waals surface area contributed by atoms with Gasteiger partial charge in [-0.25, -0.2) is 0 Å². The second-order valence-corrected chi connectivity index (χ2v) is 6.75. The van der Waals surface area contributed by atoms with Crippen LogP contribution in [0, 0.1) is 0 Å². The lowest BCUT2D eigenvalue weighted by molar-refractivity contribution is 0.0979. The summed E-state index contributed by atoms with van der Waals surface area (Å²) in [4.78, 5) is 16.7. The summed E-state index contributed by atoms with van der Waals surface area (Å²) in [5, 5.41) is 4.03. The molecule has 1 aromatic heterocycles. The standard InChI is InChI=1S/C19H25N3O2/c1-2-5-14-6-8-15(9-7-14)16(23)10-11-17-21-18(22-24-17)19(20)12-3-4-13-19/h6-9H,2-5,10-13,20H2,1H3. The van der Waals surface area contributed by atoms with Crippen LogP contribution < -0.4 is 5.73 Å². The molecule has 0 aliphatic heterocycles. The summed E-state index contributed by atoms with van der Waals surface area (Å²) in [5.41, 5.74) is 7.88. The lowest BCUT2D eigenvalue weighted by Crippen LogP contribution is -2.34. The predicted molar refractivity (Wildman–Crippen MR) is 91.7 cm³/mol. The van der Waals surface area contributed by atoms with Crippen LogP contribution in [0.3, 0.4) is 0 Å². The van der Waals surface area contributed by atoms with Gasteiger partial charge in [0.05, 0.1) is 5.54 Å². The molecule has 1 aliphatic carbocycles. The zero-order chi connectivity index (χ0) is 17.0. The van der Waals surface area contributed by atoms with E-state index in [2.05, 4.69) is 17.1 Å². The maximum Gasteiger partial charge on any atom is 0.227 e. The SMILES string of the molecule is CCCc1ccc(C(=O)CCc2nc(C3(N)CCCC3)no2)cc1. The number of nitrogens with two attached hydrogens (primary N) is 1. The first-order valence-corrected chi connectivity index (χ1v) is 8.85. The number of benzene rings is 1. The fraction of sp³-hybridized carbons (Fsp3) is 0.526. The monoisotopic (exact) mass is 327 g/mol. The van der Waals surface area contributed by atoms with E-state index in [1.54, 1.807) is 0 Å². The molecular formula is C19H25N3O2. The fourth-order valence-corrected chi connectivity index (χ4v) is 3.30. The van der Waals surface area contributed by atoms with E-state index in [0.717, 1.165) is 44.1 Å². The molecule has 3 rings (SSSR count). The highest BCUT2D eigenvalue weighted by molar-refractivity contribution is 5.96. The number of nitrogens with zero attached hydrogens (tertiary/aromatic N) is 2. The van der Waals surface area contributed by atoms with E-state index in [0.29, 0.717) is 24.6 Å². The van der Waals surface area contributed by atoms with Crippen LogP contribution >= 0.6 is 0 Å². The molecule has 0 amide bonds. The van der Waals surface area contributed by atoms with Crippen molar-refractivity contribution in [2.75, 3.05) is 0 Å². The van der Waals surface area contributed by atoms with Crippen molar-refractivity contribution >= 4 is 5.78 Å². The number of ketones is 1. The largest absolute Gasteiger partial charge is 0.339 e. The molecule has 0 atom stereocenters. The quantitative estimate of drug-likeness (QED) is 0.786. The molecule has 1 aromatic carbocycles. The van der Waals surface area contributed by atoms with Gasteiger partial charge in [-0.15, -0.1) is 0 Å². The Labute approximate surface area is 142 Å². The zero-order valence-electron chi connectivity index (χ0n) is 14.3. The highest BCUT2D eigenvalue weighted by Crippen LogP contribution is 2.34. The van der Waals surface area contributed by atoms with Gasteiger partial charge in [0.25, 0.3) is 0 Å². The van der Waals surface area contributed by atoms with Gasteiger partial charge in [-0.1, -0.05) is 55.6 Å². The Kier molecular flexibility index (Phi) is 5.09. The summed E-state index contributed by atoms with van der Waals surface area (Å²) < 4.78 is 5.29. The third-order valence-electron chi connectivity index (χ3n) is 4.79. The molecule has 0 saturated heterocycles. The maximum absolute atomic E-state index is 12.3. The molecule has 24 heavy (non-hydrogen) atoms.